The summed E-state index contributed by atoms with van der Waals surface area (Å²) in [6.45, 7) is 2.50. The molecule has 0 spiro atoms. The quantitative estimate of drug-likeness (QED) is 0.700. The van der Waals surface area contributed by atoms with Crippen LogP contribution in [0.1, 0.15) is 18.4 Å². The molecule has 14 heavy (non-hydrogen) atoms. The molecule has 0 amide bonds. The number of ether oxygens (including phenoxy) is 1. The maximum Gasteiger partial charge on any atom is 0.0639 e. The van der Waals surface area contributed by atoms with Crippen LogP contribution < -0.4 is 0 Å². The predicted octanol–water partition coefficient (Wildman–Crippen LogP) is 2.44. The fraction of sp³-hybridized carbons (Fsp3) is 0.417. The highest BCUT2D eigenvalue weighted by molar-refractivity contribution is 5.85. The highest BCUT2D eigenvalue weighted by Gasteiger charge is 2.05. The molecule has 1 saturated heterocycles. The maximum atomic E-state index is 5.27. The topological polar surface area (TPSA) is 21.6 Å². The molecule has 1 heterocycles. The van der Waals surface area contributed by atoms with E-state index in [0.717, 1.165) is 32.6 Å². The van der Waals surface area contributed by atoms with Crippen LogP contribution in [0.5, 0.6) is 0 Å². The van der Waals surface area contributed by atoms with Gasteiger partial charge < -0.3 is 4.74 Å². The Morgan fingerprint density at radius 1 is 1.07 bits per heavy atom. The van der Waals surface area contributed by atoms with Gasteiger partial charge in [-0.25, -0.2) is 0 Å². The average Bonchev–Trinajstić information content (AvgIpc) is 2.29. The molecular formula is C12H15NO. The first kappa shape index (κ1) is 9.41. The van der Waals surface area contributed by atoms with Gasteiger partial charge in [0.15, 0.2) is 0 Å². The Morgan fingerprint density at radius 2 is 1.79 bits per heavy atom. The van der Waals surface area contributed by atoms with Crippen LogP contribution in [0.2, 0.25) is 0 Å². The lowest BCUT2D eigenvalue weighted by Gasteiger charge is -2.13. The summed E-state index contributed by atoms with van der Waals surface area (Å²) in [5, 5.41) is 0. The number of hydrogen-bond acceptors (Lipinski definition) is 2. The Labute approximate surface area is 84.6 Å². The minimum absolute atomic E-state index is 0.816. The van der Waals surface area contributed by atoms with Gasteiger partial charge in [0, 0.05) is 18.6 Å². The summed E-state index contributed by atoms with van der Waals surface area (Å²) in [5.74, 6) is 0. The second kappa shape index (κ2) is 4.91. The molecule has 1 aromatic rings. The zero-order chi connectivity index (χ0) is 9.64. The number of aliphatic imine (C=N–C) groups is 1. The van der Waals surface area contributed by atoms with Gasteiger partial charge in [0.1, 0.15) is 0 Å². The van der Waals surface area contributed by atoms with Crippen LogP contribution in [0, 0.1) is 0 Å². The van der Waals surface area contributed by atoms with Crippen molar-refractivity contribution >= 4 is 5.71 Å². The molecule has 1 aliphatic rings. The summed E-state index contributed by atoms with van der Waals surface area (Å²) in [4.78, 5) is 4.59. The fourth-order valence-electron chi connectivity index (χ4n) is 1.55. The van der Waals surface area contributed by atoms with Crippen molar-refractivity contribution in [2.45, 2.75) is 19.4 Å². The minimum Gasteiger partial charge on any atom is -0.381 e. The van der Waals surface area contributed by atoms with Gasteiger partial charge >= 0.3 is 0 Å². The normalized spacial score (nSPS) is 16.7. The van der Waals surface area contributed by atoms with Crippen LogP contribution >= 0.6 is 0 Å². The summed E-state index contributed by atoms with van der Waals surface area (Å²) in [6, 6.07) is 10.4. The highest BCUT2D eigenvalue weighted by Crippen LogP contribution is 2.06. The molecule has 0 N–H and O–H groups in total. The third-order valence-electron chi connectivity index (χ3n) is 2.40. The Hall–Kier alpha value is -1.15. The van der Waals surface area contributed by atoms with E-state index >= 15 is 0 Å². The van der Waals surface area contributed by atoms with Crippen molar-refractivity contribution in [3.63, 3.8) is 0 Å². The number of rotatable bonds is 2. The Kier molecular flexibility index (Phi) is 3.30. The molecule has 0 saturated carbocycles. The Morgan fingerprint density at radius 3 is 2.50 bits per heavy atom. The number of benzene rings is 1. The van der Waals surface area contributed by atoms with Gasteiger partial charge in [0.05, 0.1) is 19.8 Å². The molecule has 2 rings (SSSR count). The zero-order valence-electron chi connectivity index (χ0n) is 8.28. The molecule has 1 aromatic carbocycles. The van der Waals surface area contributed by atoms with E-state index in [1.165, 1.54) is 11.3 Å². The van der Waals surface area contributed by atoms with E-state index in [1.54, 1.807) is 0 Å². The van der Waals surface area contributed by atoms with E-state index in [-0.39, 0.29) is 0 Å². The predicted molar refractivity (Wildman–Crippen MR) is 57.6 cm³/mol. The van der Waals surface area contributed by atoms with Crippen molar-refractivity contribution in [3.05, 3.63) is 35.9 Å². The molecule has 0 atom stereocenters. The molecule has 0 aliphatic carbocycles. The standard InChI is InChI=1S/C12H15NO/c1-2-4-11(5-3-1)10-13-12-6-8-14-9-7-12/h1-5H,6-10H2. The van der Waals surface area contributed by atoms with Crippen LogP contribution in [0.4, 0.5) is 0 Å². The van der Waals surface area contributed by atoms with Crippen molar-refractivity contribution in [2.75, 3.05) is 13.2 Å². The third-order valence-corrected chi connectivity index (χ3v) is 2.40. The van der Waals surface area contributed by atoms with Crippen molar-refractivity contribution < 1.29 is 4.74 Å². The second-order valence-corrected chi connectivity index (χ2v) is 3.48. The van der Waals surface area contributed by atoms with E-state index in [0.29, 0.717) is 0 Å². The van der Waals surface area contributed by atoms with Crippen LogP contribution in [0.15, 0.2) is 35.3 Å². The molecule has 74 valence electrons. The minimum atomic E-state index is 0.816. The number of nitrogens with zero attached hydrogens (tertiary/aromatic N) is 1. The van der Waals surface area contributed by atoms with Crippen LogP contribution in [-0.4, -0.2) is 18.9 Å². The third kappa shape index (κ3) is 2.67. The van der Waals surface area contributed by atoms with Gasteiger partial charge in [-0.3, -0.25) is 4.99 Å². The lowest BCUT2D eigenvalue weighted by Crippen LogP contribution is -2.15. The molecule has 2 nitrogen and oxygen atoms in total. The van der Waals surface area contributed by atoms with Crippen molar-refractivity contribution in [2.24, 2.45) is 4.99 Å². The average molecular weight is 189 g/mol. The van der Waals surface area contributed by atoms with Gasteiger partial charge in [0.25, 0.3) is 0 Å². The van der Waals surface area contributed by atoms with Crippen molar-refractivity contribution in [3.8, 4) is 0 Å². The molecule has 0 unspecified atom stereocenters. The highest BCUT2D eigenvalue weighted by atomic mass is 16.5. The molecule has 0 radical (unpaired) electrons. The first-order chi connectivity index (χ1) is 6.95. The smallest absolute Gasteiger partial charge is 0.0639 e. The van der Waals surface area contributed by atoms with Gasteiger partial charge in [-0.05, 0) is 5.56 Å². The van der Waals surface area contributed by atoms with Crippen LogP contribution in [0.3, 0.4) is 0 Å². The van der Waals surface area contributed by atoms with Crippen molar-refractivity contribution in [1.82, 2.24) is 0 Å². The van der Waals surface area contributed by atoms with E-state index in [2.05, 4.69) is 29.3 Å². The Bertz CT molecular complexity index is 297. The van der Waals surface area contributed by atoms with E-state index in [9.17, 15) is 0 Å². The number of hydrogen-bond donors (Lipinski definition) is 0. The van der Waals surface area contributed by atoms with Crippen LogP contribution in [0.25, 0.3) is 0 Å². The first-order valence-electron chi connectivity index (χ1n) is 5.09. The lowest BCUT2D eigenvalue weighted by molar-refractivity contribution is 0.134. The van der Waals surface area contributed by atoms with Crippen LogP contribution in [-0.2, 0) is 11.3 Å². The maximum absolute atomic E-state index is 5.27. The van der Waals surface area contributed by atoms with E-state index in [4.69, 9.17) is 4.74 Å². The van der Waals surface area contributed by atoms with Gasteiger partial charge in [0.2, 0.25) is 0 Å². The van der Waals surface area contributed by atoms with E-state index in [1.807, 2.05) is 6.07 Å². The summed E-state index contributed by atoms with van der Waals surface area (Å²) in [7, 11) is 0. The summed E-state index contributed by atoms with van der Waals surface area (Å²) in [6.07, 6.45) is 2.01. The van der Waals surface area contributed by atoms with Gasteiger partial charge in [-0.2, -0.15) is 0 Å². The molecule has 1 aliphatic heterocycles. The van der Waals surface area contributed by atoms with Crippen molar-refractivity contribution in [1.29, 1.82) is 0 Å². The second-order valence-electron chi connectivity index (χ2n) is 3.48. The molecule has 0 bridgehead atoms. The molecular weight excluding hydrogens is 174 g/mol. The first-order valence-corrected chi connectivity index (χ1v) is 5.09. The van der Waals surface area contributed by atoms with E-state index < -0.39 is 0 Å². The summed E-state index contributed by atoms with van der Waals surface area (Å²) in [5.41, 5.74) is 2.59. The fourth-order valence-corrected chi connectivity index (χ4v) is 1.55. The lowest BCUT2D eigenvalue weighted by atomic mass is 10.1. The SMILES string of the molecule is c1ccc(CN=C2CCOCC2)cc1. The van der Waals surface area contributed by atoms with Gasteiger partial charge in [-0.1, -0.05) is 30.3 Å². The van der Waals surface area contributed by atoms with Gasteiger partial charge in [-0.15, -0.1) is 0 Å². The zero-order valence-corrected chi connectivity index (χ0v) is 8.28. The summed E-state index contributed by atoms with van der Waals surface area (Å²) >= 11 is 0. The molecule has 2 heteroatoms. The Balaban J connectivity index is 1.92. The largest absolute Gasteiger partial charge is 0.381 e. The molecule has 1 fully saturated rings. The monoisotopic (exact) mass is 189 g/mol. The molecule has 0 aromatic heterocycles. The summed E-state index contributed by atoms with van der Waals surface area (Å²) < 4.78 is 5.27.